The first-order valence-corrected chi connectivity index (χ1v) is 10.3. The van der Waals surface area contributed by atoms with Crippen LogP contribution in [0.25, 0.3) is 0 Å². The van der Waals surface area contributed by atoms with Crippen molar-refractivity contribution in [2.45, 2.75) is 18.4 Å². The van der Waals surface area contributed by atoms with E-state index < -0.39 is 5.97 Å². The van der Waals surface area contributed by atoms with Gasteiger partial charge in [-0.1, -0.05) is 41.7 Å². The van der Waals surface area contributed by atoms with Crippen molar-refractivity contribution in [2.24, 2.45) is 4.99 Å². The number of nitrogens with two attached hydrogens (primary N) is 1. The first kappa shape index (κ1) is 17.9. The molecule has 5 nitrogen and oxygen atoms in total. The molecule has 0 bridgehead atoms. The van der Waals surface area contributed by atoms with Gasteiger partial charge in [0.1, 0.15) is 20.3 Å². The van der Waals surface area contributed by atoms with Gasteiger partial charge in [-0.2, -0.15) is 5.26 Å². The highest BCUT2D eigenvalue weighted by atomic mass is 32.2. The summed E-state index contributed by atoms with van der Waals surface area (Å²) in [6, 6.07) is 10.1. The molecule has 2 heterocycles. The molecule has 0 saturated heterocycles. The van der Waals surface area contributed by atoms with Crippen LogP contribution in [0.1, 0.15) is 33.3 Å². The molecular weight excluding hydrogens is 374 g/mol. The molecule has 1 aromatic carbocycles. The van der Waals surface area contributed by atoms with Crippen LogP contribution in [0.3, 0.4) is 0 Å². The van der Waals surface area contributed by atoms with Crippen LogP contribution in [0, 0.1) is 11.3 Å². The Labute approximate surface area is 158 Å². The van der Waals surface area contributed by atoms with Crippen LogP contribution < -0.4 is 5.73 Å². The van der Waals surface area contributed by atoms with Crippen molar-refractivity contribution in [1.29, 1.82) is 5.26 Å². The van der Waals surface area contributed by atoms with Crippen molar-refractivity contribution in [2.75, 3.05) is 12.3 Å². The van der Waals surface area contributed by atoms with Gasteiger partial charge in [-0.25, -0.2) is 9.79 Å². The molecular formula is C17H15N3O2S3. The van der Waals surface area contributed by atoms with Crippen molar-refractivity contribution in [3.05, 3.63) is 45.8 Å². The molecule has 0 unspecified atom stereocenters. The van der Waals surface area contributed by atoms with Crippen molar-refractivity contribution in [3.63, 3.8) is 0 Å². The molecule has 128 valence electrons. The third-order valence-electron chi connectivity index (χ3n) is 3.50. The van der Waals surface area contributed by atoms with Gasteiger partial charge in [0.25, 0.3) is 0 Å². The number of hydrogen-bond acceptors (Lipinski definition) is 8. The van der Waals surface area contributed by atoms with Gasteiger partial charge < -0.3 is 10.5 Å². The van der Waals surface area contributed by atoms with E-state index in [1.807, 2.05) is 18.2 Å². The molecule has 3 rings (SSSR count). The number of esters is 1. The maximum Gasteiger partial charge on any atom is 0.348 e. The van der Waals surface area contributed by atoms with Crippen LogP contribution >= 0.6 is 34.9 Å². The standard InChI is InChI=1S/C17H15N3O2S3/c1-2-22-16(21)14-12(11(7-18)15(19)25-14)9-24-17-20-13-6-4-3-5-10(13)8-23-17/h3-6H,2,8-9,19H2,1H3. The highest BCUT2D eigenvalue weighted by molar-refractivity contribution is 8.38. The molecule has 1 aliphatic rings. The van der Waals surface area contributed by atoms with E-state index in [2.05, 4.69) is 17.1 Å². The maximum atomic E-state index is 12.1. The van der Waals surface area contributed by atoms with Crippen molar-refractivity contribution < 1.29 is 9.53 Å². The lowest BCUT2D eigenvalue weighted by Gasteiger charge is -2.14. The lowest BCUT2D eigenvalue weighted by molar-refractivity contribution is 0.0531. The lowest BCUT2D eigenvalue weighted by atomic mass is 10.2. The Morgan fingerprint density at radius 3 is 3.04 bits per heavy atom. The predicted molar refractivity (Wildman–Crippen MR) is 106 cm³/mol. The van der Waals surface area contributed by atoms with Crippen LogP contribution in [0.4, 0.5) is 10.7 Å². The summed E-state index contributed by atoms with van der Waals surface area (Å²) in [5.41, 5.74) is 9.08. The smallest absolute Gasteiger partial charge is 0.348 e. The first-order chi connectivity index (χ1) is 12.1. The molecule has 1 aliphatic heterocycles. The number of thiophene rings is 1. The van der Waals surface area contributed by atoms with Crippen LogP contribution in [-0.4, -0.2) is 17.0 Å². The van der Waals surface area contributed by atoms with Gasteiger partial charge in [0.05, 0.1) is 17.9 Å². The Kier molecular flexibility index (Phi) is 5.68. The van der Waals surface area contributed by atoms with Crippen LogP contribution in [0.2, 0.25) is 0 Å². The van der Waals surface area contributed by atoms with E-state index in [1.165, 1.54) is 17.3 Å². The quantitative estimate of drug-likeness (QED) is 0.772. The SMILES string of the molecule is CCOC(=O)c1sc(N)c(C#N)c1CSC1=Nc2ccccc2CS1. The number of benzene rings is 1. The number of ether oxygens (including phenoxy) is 1. The highest BCUT2D eigenvalue weighted by Crippen LogP contribution is 2.38. The third kappa shape index (κ3) is 3.84. The number of nitriles is 1. The zero-order valence-electron chi connectivity index (χ0n) is 13.4. The Bertz CT molecular complexity index is 884. The monoisotopic (exact) mass is 389 g/mol. The minimum Gasteiger partial charge on any atom is -0.462 e. The van der Waals surface area contributed by atoms with E-state index in [1.54, 1.807) is 18.7 Å². The van der Waals surface area contributed by atoms with E-state index in [0.29, 0.717) is 26.8 Å². The van der Waals surface area contributed by atoms with Gasteiger partial charge in [0.2, 0.25) is 0 Å². The van der Waals surface area contributed by atoms with E-state index >= 15 is 0 Å². The van der Waals surface area contributed by atoms with E-state index in [-0.39, 0.29) is 6.61 Å². The zero-order valence-corrected chi connectivity index (χ0v) is 15.9. The Morgan fingerprint density at radius 1 is 1.48 bits per heavy atom. The Morgan fingerprint density at radius 2 is 2.28 bits per heavy atom. The second-order valence-electron chi connectivity index (χ2n) is 5.07. The van der Waals surface area contributed by atoms with Crippen molar-refractivity contribution >= 4 is 55.9 Å². The summed E-state index contributed by atoms with van der Waals surface area (Å²) < 4.78 is 6.00. The second kappa shape index (κ2) is 7.95. The number of hydrogen-bond donors (Lipinski definition) is 1. The third-order valence-corrected chi connectivity index (χ3v) is 6.81. The Hall–Kier alpha value is -1.95. The molecule has 0 atom stereocenters. The van der Waals surface area contributed by atoms with Gasteiger partial charge in [-0.3, -0.25) is 0 Å². The number of nitrogens with zero attached hydrogens (tertiary/aromatic N) is 2. The van der Waals surface area contributed by atoms with Crippen LogP contribution in [0.15, 0.2) is 29.3 Å². The fraction of sp³-hybridized carbons (Fsp3) is 0.235. The number of carbonyl (C=O) groups excluding carboxylic acids is 1. The molecule has 1 aromatic heterocycles. The predicted octanol–water partition coefficient (Wildman–Crippen LogP) is 4.55. The van der Waals surface area contributed by atoms with Gasteiger partial charge >= 0.3 is 5.97 Å². The second-order valence-corrected chi connectivity index (χ2v) is 8.30. The molecule has 0 saturated carbocycles. The van der Waals surface area contributed by atoms with Crippen LogP contribution in [0.5, 0.6) is 0 Å². The van der Waals surface area contributed by atoms with Gasteiger partial charge in [-0.05, 0) is 18.6 Å². The van der Waals surface area contributed by atoms with Gasteiger partial charge in [-0.15, -0.1) is 11.3 Å². The number of aliphatic imine (C=N–C) groups is 1. The number of anilines is 1. The topological polar surface area (TPSA) is 88.5 Å². The molecule has 0 aliphatic carbocycles. The number of nitrogen functional groups attached to an aromatic ring is 1. The van der Waals surface area contributed by atoms with Crippen molar-refractivity contribution in [3.8, 4) is 6.07 Å². The number of fused-ring (bicyclic) bond motifs is 1. The Balaban J connectivity index is 1.83. The highest BCUT2D eigenvalue weighted by Gasteiger charge is 2.23. The van der Waals surface area contributed by atoms with Gasteiger partial charge in [0.15, 0.2) is 0 Å². The molecule has 0 fully saturated rings. The summed E-state index contributed by atoms with van der Waals surface area (Å²) in [5.74, 6) is 0.891. The zero-order chi connectivity index (χ0) is 17.8. The molecule has 0 radical (unpaired) electrons. The normalized spacial score (nSPS) is 12.9. The fourth-order valence-corrected chi connectivity index (χ4v) is 5.44. The number of carbonyl (C=O) groups is 1. The lowest BCUT2D eigenvalue weighted by Crippen LogP contribution is -2.06. The average Bonchev–Trinajstić information content (AvgIpc) is 2.95. The van der Waals surface area contributed by atoms with E-state index in [4.69, 9.17) is 10.5 Å². The number of para-hydroxylation sites is 1. The summed E-state index contributed by atoms with van der Waals surface area (Å²) >= 11 is 4.28. The largest absolute Gasteiger partial charge is 0.462 e. The molecule has 0 spiro atoms. The minimum atomic E-state index is -0.431. The number of rotatable bonds is 4. The summed E-state index contributed by atoms with van der Waals surface area (Å²) in [4.78, 5) is 17.2. The molecule has 8 heteroatoms. The summed E-state index contributed by atoms with van der Waals surface area (Å²) in [6.45, 7) is 2.03. The molecule has 2 N–H and O–H groups in total. The maximum absolute atomic E-state index is 12.1. The van der Waals surface area contributed by atoms with E-state index in [0.717, 1.165) is 27.2 Å². The minimum absolute atomic E-state index is 0.282. The first-order valence-electron chi connectivity index (χ1n) is 7.54. The average molecular weight is 390 g/mol. The summed E-state index contributed by atoms with van der Waals surface area (Å²) in [6.07, 6.45) is 0. The van der Waals surface area contributed by atoms with E-state index in [9.17, 15) is 10.1 Å². The fourth-order valence-electron chi connectivity index (χ4n) is 2.33. The molecule has 25 heavy (non-hydrogen) atoms. The van der Waals surface area contributed by atoms with Crippen molar-refractivity contribution in [1.82, 2.24) is 0 Å². The molecule has 2 aromatic rings. The summed E-state index contributed by atoms with van der Waals surface area (Å²) in [5, 5.41) is 9.72. The summed E-state index contributed by atoms with van der Waals surface area (Å²) in [7, 11) is 0. The van der Waals surface area contributed by atoms with Crippen LogP contribution in [-0.2, 0) is 16.2 Å². The molecule has 0 amide bonds. The van der Waals surface area contributed by atoms with Gasteiger partial charge in [0, 0.05) is 17.1 Å². The number of thioether (sulfide) groups is 2.